The lowest BCUT2D eigenvalue weighted by Gasteiger charge is -2.19. The number of nitro groups is 1. The number of benzene rings is 2. The maximum absolute atomic E-state index is 12.8. The highest BCUT2D eigenvalue weighted by molar-refractivity contribution is 6.32. The summed E-state index contributed by atoms with van der Waals surface area (Å²) in [6.45, 7) is -0.667. The van der Waals surface area contributed by atoms with Crippen LogP contribution in [0.15, 0.2) is 36.4 Å². The SMILES string of the molecule is COCC(COCC(=O)O)Nc1cc(Oc2ccc(C(F)(F)F)cc2Cl)ccc1[N+](=O)[O-]. The number of carboxylic acid groups (broad SMARTS) is 1. The first-order chi connectivity index (χ1) is 15.0. The monoisotopic (exact) mass is 478 g/mol. The molecule has 0 heterocycles. The van der Waals surface area contributed by atoms with Crippen molar-refractivity contribution in [2.45, 2.75) is 12.2 Å². The molecule has 13 heteroatoms. The summed E-state index contributed by atoms with van der Waals surface area (Å²) in [7, 11) is 1.38. The Morgan fingerprint density at radius 3 is 2.53 bits per heavy atom. The van der Waals surface area contributed by atoms with Gasteiger partial charge >= 0.3 is 12.1 Å². The highest BCUT2D eigenvalue weighted by Gasteiger charge is 2.31. The average Bonchev–Trinajstić information content (AvgIpc) is 2.68. The first kappa shape index (κ1) is 25.2. The number of aliphatic carboxylic acids is 1. The minimum atomic E-state index is -4.58. The fourth-order valence-electron chi connectivity index (χ4n) is 2.58. The van der Waals surface area contributed by atoms with Crippen LogP contribution in [0.5, 0.6) is 11.5 Å². The van der Waals surface area contributed by atoms with Gasteiger partial charge in [0, 0.05) is 19.2 Å². The van der Waals surface area contributed by atoms with Gasteiger partial charge < -0.3 is 24.6 Å². The van der Waals surface area contributed by atoms with Crippen molar-refractivity contribution in [3.8, 4) is 11.5 Å². The summed E-state index contributed by atoms with van der Waals surface area (Å²) >= 11 is 5.89. The van der Waals surface area contributed by atoms with Crippen molar-refractivity contribution in [2.24, 2.45) is 0 Å². The average molecular weight is 479 g/mol. The first-order valence-corrected chi connectivity index (χ1v) is 9.27. The van der Waals surface area contributed by atoms with Gasteiger partial charge in [-0.15, -0.1) is 0 Å². The Labute approximate surface area is 184 Å². The number of alkyl halides is 3. The summed E-state index contributed by atoms with van der Waals surface area (Å²) in [6.07, 6.45) is -4.58. The predicted molar refractivity (Wildman–Crippen MR) is 107 cm³/mol. The first-order valence-electron chi connectivity index (χ1n) is 8.89. The molecule has 2 aromatic carbocycles. The van der Waals surface area contributed by atoms with Crippen LogP contribution in [0.4, 0.5) is 24.5 Å². The summed E-state index contributed by atoms with van der Waals surface area (Å²) in [5, 5.41) is 22.6. The van der Waals surface area contributed by atoms with Crippen LogP contribution in [-0.2, 0) is 20.4 Å². The van der Waals surface area contributed by atoms with Crippen LogP contribution in [0.25, 0.3) is 0 Å². The van der Waals surface area contributed by atoms with Crippen LogP contribution in [0.2, 0.25) is 5.02 Å². The molecule has 1 atom stereocenters. The highest BCUT2D eigenvalue weighted by atomic mass is 35.5. The second-order valence-corrected chi connectivity index (χ2v) is 6.79. The lowest BCUT2D eigenvalue weighted by atomic mass is 10.2. The molecule has 2 N–H and O–H groups in total. The Morgan fingerprint density at radius 1 is 1.25 bits per heavy atom. The molecule has 0 amide bonds. The Balaban J connectivity index is 2.26. The lowest BCUT2D eigenvalue weighted by molar-refractivity contribution is -0.384. The van der Waals surface area contributed by atoms with Crippen molar-refractivity contribution >= 4 is 28.9 Å². The van der Waals surface area contributed by atoms with Crippen molar-refractivity contribution in [1.29, 1.82) is 0 Å². The molecule has 0 spiro atoms. The van der Waals surface area contributed by atoms with Gasteiger partial charge in [0.05, 0.1) is 34.8 Å². The minimum Gasteiger partial charge on any atom is -0.480 e. The van der Waals surface area contributed by atoms with E-state index in [1.54, 1.807) is 0 Å². The number of halogens is 4. The number of hydrogen-bond acceptors (Lipinski definition) is 7. The summed E-state index contributed by atoms with van der Waals surface area (Å²) in [5.74, 6) is -1.21. The van der Waals surface area contributed by atoms with Crippen molar-refractivity contribution < 1.29 is 42.2 Å². The molecule has 32 heavy (non-hydrogen) atoms. The molecule has 2 rings (SSSR count). The van der Waals surface area contributed by atoms with Gasteiger partial charge in [-0.3, -0.25) is 10.1 Å². The van der Waals surface area contributed by atoms with Gasteiger partial charge in [0.1, 0.15) is 23.8 Å². The fourth-order valence-corrected chi connectivity index (χ4v) is 2.80. The van der Waals surface area contributed by atoms with E-state index < -0.39 is 35.3 Å². The maximum atomic E-state index is 12.8. The van der Waals surface area contributed by atoms with E-state index in [9.17, 15) is 28.1 Å². The van der Waals surface area contributed by atoms with Crippen LogP contribution in [-0.4, -0.2) is 49.0 Å². The molecule has 0 bridgehead atoms. The summed E-state index contributed by atoms with van der Waals surface area (Å²) in [6, 6.07) is 5.53. The van der Waals surface area contributed by atoms with Crippen LogP contribution >= 0.6 is 11.6 Å². The molecule has 0 aliphatic rings. The molecule has 1 unspecified atom stereocenters. The normalized spacial score (nSPS) is 12.3. The Bertz CT molecular complexity index is 972. The number of carboxylic acids is 1. The number of rotatable bonds is 11. The molecule has 0 fully saturated rings. The fraction of sp³-hybridized carbons (Fsp3) is 0.316. The number of anilines is 1. The molecular formula is C19H18ClF3N2O7. The molecule has 2 aromatic rings. The molecule has 174 valence electrons. The smallest absolute Gasteiger partial charge is 0.416 e. The molecule has 0 saturated carbocycles. The lowest BCUT2D eigenvalue weighted by Crippen LogP contribution is -2.31. The van der Waals surface area contributed by atoms with Crippen LogP contribution in [0, 0.1) is 10.1 Å². The summed E-state index contributed by atoms with van der Waals surface area (Å²) in [5.41, 5.74) is -1.28. The van der Waals surface area contributed by atoms with E-state index in [2.05, 4.69) is 5.32 Å². The number of hydrogen-bond donors (Lipinski definition) is 2. The third-order valence-electron chi connectivity index (χ3n) is 3.92. The van der Waals surface area contributed by atoms with Crippen molar-refractivity contribution in [1.82, 2.24) is 0 Å². The van der Waals surface area contributed by atoms with E-state index in [1.807, 2.05) is 0 Å². The Morgan fingerprint density at radius 2 is 1.97 bits per heavy atom. The molecule has 0 aliphatic heterocycles. The van der Waals surface area contributed by atoms with E-state index in [0.29, 0.717) is 6.07 Å². The number of ether oxygens (including phenoxy) is 3. The number of nitrogens with one attached hydrogen (secondary N) is 1. The van der Waals surface area contributed by atoms with Gasteiger partial charge in [0.25, 0.3) is 5.69 Å². The second kappa shape index (κ2) is 11.0. The third kappa shape index (κ3) is 7.25. The molecule has 0 radical (unpaired) electrons. The number of methoxy groups -OCH3 is 1. The van der Waals surface area contributed by atoms with E-state index >= 15 is 0 Å². The second-order valence-electron chi connectivity index (χ2n) is 6.39. The number of nitrogens with zero attached hydrogens (tertiary/aromatic N) is 1. The van der Waals surface area contributed by atoms with Gasteiger partial charge in [-0.1, -0.05) is 11.6 Å². The van der Waals surface area contributed by atoms with Crippen LogP contribution in [0.3, 0.4) is 0 Å². The van der Waals surface area contributed by atoms with Gasteiger partial charge in [0.2, 0.25) is 0 Å². The highest BCUT2D eigenvalue weighted by Crippen LogP contribution is 2.38. The van der Waals surface area contributed by atoms with Crippen molar-refractivity contribution in [3.63, 3.8) is 0 Å². The van der Waals surface area contributed by atoms with Crippen LogP contribution < -0.4 is 10.1 Å². The van der Waals surface area contributed by atoms with E-state index in [1.165, 1.54) is 19.2 Å². The van der Waals surface area contributed by atoms with Crippen molar-refractivity contribution in [2.75, 3.05) is 32.2 Å². The summed E-state index contributed by atoms with van der Waals surface area (Å²) in [4.78, 5) is 21.3. The van der Waals surface area contributed by atoms with Crippen molar-refractivity contribution in [3.05, 3.63) is 57.1 Å². The van der Waals surface area contributed by atoms with Gasteiger partial charge in [0.15, 0.2) is 0 Å². The topological polar surface area (TPSA) is 120 Å². The molecule has 0 aliphatic carbocycles. The molecule has 0 saturated heterocycles. The zero-order chi connectivity index (χ0) is 23.9. The van der Waals surface area contributed by atoms with E-state index in [4.69, 9.17) is 30.9 Å². The quantitative estimate of drug-likeness (QED) is 0.355. The van der Waals surface area contributed by atoms with Gasteiger partial charge in [-0.2, -0.15) is 13.2 Å². The molecule has 0 aromatic heterocycles. The molecule has 9 nitrogen and oxygen atoms in total. The predicted octanol–water partition coefficient (Wildman–Crippen LogP) is 4.59. The standard InChI is InChI=1S/C19H18ClF3N2O7/c1-30-8-12(9-31-10-18(26)27)24-15-7-13(3-4-16(15)25(28)29)32-17-5-2-11(6-14(17)20)19(21,22)23/h2-7,12,24H,8-10H2,1H3,(H,26,27). The van der Waals surface area contributed by atoms with E-state index in [-0.39, 0.29) is 41.1 Å². The largest absolute Gasteiger partial charge is 0.480 e. The van der Waals surface area contributed by atoms with Gasteiger partial charge in [-0.05, 0) is 24.3 Å². The Kier molecular flexibility index (Phi) is 8.63. The minimum absolute atomic E-state index is 0.00323. The Hall–Kier alpha value is -3.09. The zero-order valence-corrected chi connectivity index (χ0v) is 17.3. The zero-order valence-electron chi connectivity index (χ0n) is 16.5. The maximum Gasteiger partial charge on any atom is 0.416 e. The van der Waals surface area contributed by atoms with Gasteiger partial charge in [-0.25, -0.2) is 4.79 Å². The van der Waals surface area contributed by atoms with Crippen LogP contribution in [0.1, 0.15) is 5.56 Å². The summed E-state index contributed by atoms with van der Waals surface area (Å²) < 4.78 is 53.9. The molecular weight excluding hydrogens is 461 g/mol. The number of carbonyl (C=O) groups is 1. The third-order valence-corrected chi connectivity index (χ3v) is 4.22. The number of nitro benzene ring substituents is 1. The van der Waals surface area contributed by atoms with E-state index in [0.717, 1.165) is 18.2 Å².